The van der Waals surface area contributed by atoms with E-state index in [2.05, 4.69) is 10.6 Å². The van der Waals surface area contributed by atoms with Crippen LogP contribution < -0.4 is 15.4 Å². The van der Waals surface area contributed by atoms with Gasteiger partial charge in [0.05, 0.1) is 18.2 Å². The summed E-state index contributed by atoms with van der Waals surface area (Å²) in [5.41, 5.74) is 0.683. The van der Waals surface area contributed by atoms with Crippen LogP contribution in [0.15, 0.2) is 24.3 Å². The lowest BCUT2D eigenvalue weighted by Gasteiger charge is -2.38. The monoisotopic (exact) mass is 318 g/mol. The van der Waals surface area contributed by atoms with E-state index >= 15 is 0 Å². The van der Waals surface area contributed by atoms with E-state index in [1.54, 1.807) is 0 Å². The van der Waals surface area contributed by atoms with Gasteiger partial charge in [0.25, 0.3) is 0 Å². The summed E-state index contributed by atoms with van der Waals surface area (Å²) in [6, 6.07) is 7.38. The van der Waals surface area contributed by atoms with Crippen LogP contribution in [0.5, 0.6) is 5.75 Å². The van der Waals surface area contributed by atoms with Crippen molar-refractivity contribution >= 4 is 6.03 Å². The third kappa shape index (κ3) is 3.78. The van der Waals surface area contributed by atoms with Gasteiger partial charge in [0.1, 0.15) is 11.4 Å². The molecule has 0 aromatic heterocycles. The maximum absolute atomic E-state index is 12.4. The second-order valence-corrected chi connectivity index (χ2v) is 7.23. The molecule has 1 fully saturated rings. The van der Waals surface area contributed by atoms with E-state index in [0.717, 1.165) is 37.0 Å². The quantitative estimate of drug-likeness (QED) is 0.785. The molecule has 1 saturated carbocycles. The van der Waals surface area contributed by atoms with E-state index in [0.29, 0.717) is 6.42 Å². The Hall–Kier alpha value is -1.75. The second-order valence-electron chi connectivity index (χ2n) is 7.23. The van der Waals surface area contributed by atoms with Crippen LogP contribution in [0, 0.1) is 0 Å². The molecule has 1 aliphatic carbocycles. The van der Waals surface area contributed by atoms with Gasteiger partial charge < -0.3 is 20.5 Å². The van der Waals surface area contributed by atoms with Gasteiger partial charge in [-0.25, -0.2) is 4.79 Å². The fourth-order valence-corrected chi connectivity index (χ4v) is 3.58. The number of rotatable bonds is 2. The van der Waals surface area contributed by atoms with E-state index in [1.807, 2.05) is 38.1 Å². The van der Waals surface area contributed by atoms with E-state index in [4.69, 9.17) is 4.74 Å². The van der Waals surface area contributed by atoms with Crippen molar-refractivity contribution in [1.82, 2.24) is 10.6 Å². The first-order chi connectivity index (χ1) is 10.9. The molecule has 2 amide bonds. The van der Waals surface area contributed by atoms with Crippen molar-refractivity contribution in [2.75, 3.05) is 0 Å². The summed E-state index contributed by atoms with van der Waals surface area (Å²) in [5, 5.41) is 16.0. The van der Waals surface area contributed by atoms with Crippen LogP contribution in [0.25, 0.3) is 0 Å². The lowest BCUT2D eigenvalue weighted by atomic mass is 9.89. The van der Waals surface area contributed by atoms with Gasteiger partial charge >= 0.3 is 6.03 Å². The smallest absolute Gasteiger partial charge is 0.315 e. The molecule has 3 rings (SSSR count). The molecule has 3 atom stereocenters. The summed E-state index contributed by atoms with van der Waals surface area (Å²) < 4.78 is 5.99. The number of hydrogen-bond acceptors (Lipinski definition) is 3. The van der Waals surface area contributed by atoms with E-state index < -0.39 is 6.10 Å². The molecule has 23 heavy (non-hydrogen) atoms. The minimum Gasteiger partial charge on any atom is -0.487 e. The molecule has 5 nitrogen and oxygen atoms in total. The number of nitrogens with one attached hydrogen (secondary N) is 2. The van der Waals surface area contributed by atoms with E-state index in [9.17, 15) is 9.90 Å². The Balaban J connectivity index is 1.68. The molecule has 1 aliphatic heterocycles. The molecule has 126 valence electrons. The SMILES string of the molecule is CC1(C)CC(NC(=O)NC2CCCCC2O)c2ccccc2O1. The van der Waals surface area contributed by atoms with Gasteiger partial charge in [0, 0.05) is 12.0 Å². The average Bonchev–Trinajstić information content (AvgIpc) is 2.48. The fourth-order valence-electron chi connectivity index (χ4n) is 3.58. The van der Waals surface area contributed by atoms with Gasteiger partial charge in [0.2, 0.25) is 0 Å². The highest BCUT2D eigenvalue weighted by Crippen LogP contribution is 2.39. The summed E-state index contributed by atoms with van der Waals surface area (Å²) in [6.45, 7) is 4.06. The molecular weight excluding hydrogens is 292 g/mol. The highest BCUT2D eigenvalue weighted by molar-refractivity contribution is 5.75. The maximum Gasteiger partial charge on any atom is 0.315 e. The first-order valence-electron chi connectivity index (χ1n) is 8.48. The molecule has 0 saturated heterocycles. The number of ether oxygens (including phenoxy) is 1. The molecule has 3 unspecified atom stereocenters. The number of aliphatic hydroxyl groups is 1. The lowest BCUT2D eigenvalue weighted by molar-refractivity contribution is 0.0663. The fraction of sp³-hybridized carbons (Fsp3) is 0.611. The summed E-state index contributed by atoms with van der Waals surface area (Å²) in [4.78, 5) is 12.4. The van der Waals surface area contributed by atoms with E-state index in [1.165, 1.54) is 0 Å². The Morgan fingerprint density at radius 2 is 1.96 bits per heavy atom. The van der Waals surface area contributed by atoms with Crippen molar-refractivity contribution < 1.29 is 14.6 Å². The van der Waals surface area contributed by atoms with Crippen LogP contribution in [-0.4, -0.2) is 28.9 Å². The summed E-state index contributed by atoms with van der Waals surface area (Å²) in [5.74, 6) is 0.826. The molecule has 0 radical (unpaired) electrons. The minimum atomic E-state index is -0.437. The third-order valence-electron chi connectivity index (χ3n) is 4.73. The second kappa shape index (κ2) is 6.40. The Labute approximate surface area is 137 Å². The maximum atomic E-state index is 12.4. The van der Waals surface area contributed by atoms with Crippen molar-refractivity contribution in [3.8, 4) is 5.75 Å². The number of carbonyl (C=O) groups excluding carboxylic acids is 1. The number of carbonyl (C=O) groups is 1. The Kier molecular flexibility index (Phi) is 4.48. The zero-order chi connectivity index (χ0) is 16.4. The van der Waals surface area contributed by atoms with Crippen molar-refractivity contribution in [1.29, 1.82) is 0 Å². The number of aliphatic hydroxyl groups excluding tert-OH is 1. The number of benzene rings is 1. The number of para-hydroxylation sites is 1. The van der Waals surface area contributed by atoms with Gasteiger partial charge in [-0.3, -0.25) is 0 Å². The van der Waals surface area contributed by atoms with E-state index in [-0.39, 0.29) is 23.7 Å². The number of urea groups is 1. The minimum absolute atomic E-state index is 0.0873. The summed E-state index contributed by atoms with van der Waals surface area (Å²) in [7, 11) is 0. The van der Waals surface area contributed by atoms with Crippen molar-refractivity contribution in [3.63, 3.8) is 0 Å². The normalized spacial score (nSPS) is 29.1. The zero-order valence-electron chi connectivity index (χ0n) is 13.8. The highest BCUT2D eigenvalue weighted by atomic mass is 16.5. The van der Waals surface area contributed by atoms with Crippen molar-refractivity contribution in [2.45, 2.75) is 69.7 Å². The molecule has 1 heterocycles. The predicted molar refractivity (Wildman–Crippen MR) is 88.4 cm³/mol. The molecule has 5 heteroatoms. The average molecular weight is 318 g/mol. The van der Waals surface area contributed by atoms with Crippen LogP contribution in [0.2, 0.25) is 0 Å². The Morgan fingerprint density at radius 3 is 2.74 bits per heavy atom. The lowest BCUT2D eigenvalue weighted by Crippen LogP contribution is -2.51. The van der Waals surface area contributed by atoms with Crippen LogP contribution in [0.1, 0.15) is 57.6 Å². The molecular formula is C18H26N2O3. The molecule has 1 aromatic carbocycles. The van der Waals surface area contributed by atoms with Gasteiger partial charge in [-0.1, -0.05) is 31.0 Å². The molecule has 0 bridgehead atoms. The zero-order valence-corrected chi connectivity index (χ0v) is 13.8. The number of hydrogen-bond donors (Lipinski definition) is 3. The first kappa shape index (κ1) is 16.1. The first-order valence-corrected chi connectivity index (χ1v) is 8.48. The molecule has 2 aliphatic rings. The Morgan fingerprint density at radius 1 is 1.22 bits per heavy atom. The third-order valence-corrected chi connectivity index (χ3v) is 4.73. The number of amides is 2. The van der Waals surface area contributed by atoms with Gasteiger partial charge in [-0.15, -0.1) is 0 Å². The standard InChI is InChI=1S/C18H26N2O3/c1-18(2)11-14(12-7-3-6-10-16(12)23-18)20-17(22)19-13-8-4-5-9-15(13)21/h3,6-7,10,13-15,21H,4-5,8-9,11H2,1-2H3,(H2,19,20,22). The van der Waals surface area contributed by atoms with Crippen LogP contribution in [0.4, 0.5) is 4.79 Å². The number of fused-ring (bicyclic) bond motifs is 1. The van der Waals surface area contributed by atoms with Crippen molar-refractivity contribution in [3.05, 3.63) is 29.8 Å². The molecule has 0 spiro atoms. The van der Waals surface area contributed by atoms with Crippen LogP contribution >= 0.6 is 0 Å². The summed E-state index contributed by atoms with van der Waals surface area (Å²) in [6.07, 6.45) is 3.96. The molecule has 3 N–H and O–H groups in total. The predicted octanol–water partition coefficient (Wildman–Crippen LogP) is 2.89. The topological polar surface area (TPSA) is 70.6 Å². The largest absolute Gasteiger partial charge is 0.487 e. The molecule has 1 aromatic rings. The van der Waals surface area contributed by atoms with Crippen molar-refractivity contribution in [2.24, 2.45) is 0 Å². The summed E-state index contributed by atoms with van der Waals surface area (Å²) >= 11 is 0. The van der Waals surface area contributed by atoms with Crippen LogP contribution in [-0.2, 0) is 0 Å². The van der Waals surface area contributed by atoms with Crippen LogP contribution in [0.3, 0.4) is 0 Å². The highest BCUT2D eigenvalue weighted by Gasteiger charge is 2.35. The van der Waals surface area contributed by atoms with Gasteiger partial charge in [0.15, 0.2) is 0 Å². The van der Waals surface area contributed by atoms with Gasteiger partial charge in [-0.2, -0.15) is 0 Å². The Bertz CT molecular complexity index is 573. The van der Waals surface area contributed by atoms with Gasteiger partial charge in [-0.05, 0) is 32.8 Å².